The van der Waals surface area contributed by atoms with Gasteiger partial charge in [0, 0.05) is 0 Å². The number of allylic oxidation sites excluding steroid dienone is 3. The first-order valence-corrected chi connectivity index (χ1v) is 16.3. The zero-order valence-corrected chi connectivity index (χ0v) is 14.9. The van der Waals surface area contributed by atoms with Crippen molar-refractivity contribution in [3.05, 3.63) is 23.9 Å². The second kappa shape index (κ2) is 5.19. The van der Waals surface area contributed by atoms with Crippen LogP contribution in [0.5, 0.6) is 0 Å². The fourth-order valence-corrected chi connectivity index (χ4v) is 12.4. The van der Waals surface area contributed by atoms with Crippen molar-refractivity contribution in [2.75, 3.05) is 0 Å². The van der Waals surface area contributed by atoms with Gasteiger partial charge < -0.3 is 0 Å². The molecule has 0 aliphatic heterocycles. The molecule has 0 N–H and O–H groups in total. The van der Waals surface area contributed by atoms with Crippen LogP contribution in [0.25, 0.3) is 0 Å². The molecule has 0 fully saturated rings. The number of halogens is 2. The predicted octanol–water partition coefficient (Wildman–Crippen LogP) is 4.29. The van der Waals surface area contributed by atoms with E-state index in [2.05, 4.69) is 55.5 Å². The van der Waals surface area contributed by atoms with Crippen LogP contribution in [0.4, 0.5) is 0 Å². The first-order chi connectivity index (χ1) is 7.17. The van der Waals surface area contributed by atoms with E-state index in [1.807, 2.05) is 0 Å². The van der Waals surface area contributed by atoms with Gasteiger partial charge in [0.2, 0.25) is 0 Å². The summed E-state index contributed by atoms with van der Waals surface area (Å²) in [5.41, 5.74) is 1.33. The Bertz CT molecular complexity index is 318. The van der Waals surface area contributed by atoms with Gasteiger partial charge in [-0.15, -0.1) is 0 Å². The van der Waals surface area contributed by atoms with Crippen molar-refractivity contribution in [3.63, 3.8) is 0 Å². The van der Waals surface area contributed by atoms with Crippen molar-refractivity contribution in [2.24, 2.45) is 0 Å². The van der Waals surface area contributed by atoms with Crippen LogP contribution in [0.2, 0.25) is 13.1 Å². The molecule has 1 nitrogen and oxygen atoms in total. The fraction of sp³-hybridized carbons (Fsp3) is 0.636. The van der Waals surface area contributed by atoms with Gasteiger partial charge in [-0.3, -0.25) is 0 Å². The predicted molar refractivity (Wildman–Crippen MR) is 74.0 cm³/mol. The number of nitrogens with zero attached hydrogens (tertiary/aromatic N) is 1. The summed E-state index contributed by atoms with van der Waals surface area (Å²) in [6.45, 7) is 10.1. The quantitative estimate of drug-likeness (QED) is 0.703. The third-order valence-electron chi connectivity index (χ3n) is 2.70. The van der Waals surface area contributed by atoms with Crippen LogP contribution in [-0.4, -0.2) is 15.6 Å². The van der Waals surface area contributed by atoms with Crippen molar-refractivity contribution in [1.29, 1.82) is 0 Å². The molecule has 5 heteroatoms. The van der Waals surface area contributed by atoms with Crippen LogP contribution >= 0.6 is 18.6 Å². The fourth-order valence-electron chi connectivity index (χ4n) is 1.93. The minimum atomic E-state index is -2.85. The Morgan fingerprint density at radius 1 is 1.31 bits per heavy atom. The van der Waals surface area contributed by atoms with Gasteiger partial charge in [-0.2, -0.15) is 0 Å². The van der Waals surface area contributed by atoms with Crippen molar-refractivity contribution in [2.45, 2.75) is 45.8 Å². The van der Waals surface area contributed by atoms with E-state index in [0.717, 1.165) is 6.42 Å². The summed E-state index contributed by atoms with van der Waals surface area (Å²) in [7, 11) is 13.5. The Kier molecular flexibility index (Phi) is 4.82. The van der Waals surface area contributed by atoms with Crippen LogP contribution in [-0.2, 0) is 14.0 Å². The molecule has 1 aliphatic rings. The Balaban J connectivity index is 3.07. The molecule has 0 bridgehead atoms. The van der Waals surface area contributed by atoms with Gasteiger partial charge in [-0.25, -0.2) is 0 Å². The molecule has 92 valence electrons. The summed E-state index contributed by atoms with van der Waals surface area (Å²) < 4.78 is 2.37. The molecule has 0 aromatic rings. The van der Waals surface area contributed by atoms with Crippen molar-refractivity contribution in [3.8, 4) is 0 Å². The standard InChI is InChI=1S/C9H14N.C2H7Si.2ClH.Ti/c1-9(2,3)10-8-6-4-5-7-8;1-3-2;;;/h4-6H,7H2,1-3H3;3H,1-2H3;2*1H;/q-1;;;;+3/p-2. The van der Waals surface area contributed by atoms with E-state index in [4.69, 9.17) is 18.6 Å². The summed E-state index contributed by atoms with van der Waals surface area (Å²) >= 11 is -2.85. The molecule has 1 aliphatic carbocycles. The van der Waals surface area contributed by atoms with Gasteiger partial charge in [0.25, 0.3) is 0 Å². The van der Waals surface area contributed by atoms with Crippen molar-refractivity contribution >= 4 is 25.3 Å². The average molecular weight is 314 g/mol. The van der Waals surface area contributed by atoms with Crippen LogP contribution in [0.3, 0.4) is 0 Å². The first-order valence-electron chi connectivity index (χ1n) is 5.71. The van der Waals surface area contributed by atoms with E-state index in [9.17, 15) is 0 Å². The Morgan fingerprint density at radius 2 is 1.88 bits per heavy atom. The van der Waals surface area contributed by atoms with Gasteiger partial charge in [0.1, 0.15) is 0 Å². The zero-order valence-electron chi connectivity index (χ0n) is 10.7. The molecule has 0 saturated carbocycles. The molecule has 0 aromatic heterocycles. The summed E-state index contributed by atoms with van der Waals surface area (Å²) in [6, 6.07) is 0. The van der Waals surface area contributed by atoms with Gasteiger partial charge in [0.05, 0.1) is 0 Å². The van der Waals surface area contributed by atoms with E-state index in [1.165, 1.54) is 5.70 Å². The third kappa shape index (κ3) is 3.17. The van der Waals surface area contributed by atoms with E-state index >= 15 is 0 Å². The monoisotopic (exact) mass is 313 g/mol. The molecule has 1 rings (SSSR count). The molecule has 0 heterocycles. The summed E-state index contributed by atoms with van der Waals surface area (Å²) in [5, 5.41) is 0. The molecular weight excluding hydrogens is 293 g/mol. The molecular formula is C11H21Cl2NSiTi. The summed E-state index contributed by atoms with van der Waals surface area (Å²) in [4.78, 5) is 0. The second-order valence-corrected chi connectivity index (χ2v) is 27.8. The first kappa shape index (κ1) is 14.9. The molecule has 0 saturated heterocycles. The van der Waals surface area contributed by atoms with Crippen LogP contribution < -0.4 is 0 Å². The molecule has 0 amide bonds. The number of rotatable bonds is 3. The van der Waals surface area contributed by atoms with Crippen molar-refractivity contribution < 1.29 is 14.0 Å². The van der Waals surface area contributed by atoms with Gasteiger partial charge in [0.15, 0.2) is 0 Å². The molecule has 16 heavy (non-hydrogen) atoms. The topological polar surface area (TPSA) is 3.24 Å². The van der Waals surface area contributed by atoms with Crippen LogP contribution in [0, 0.1) is 0 Å². The zero-order chi connectivity index (χ0) is 12.6. The Morgan fingerprint density at radius 3 is 2.19 bits per heavy atom. The average Bonchev–Trinajstić information content (AvgIpc) is 2.53. The summed E-state index contributed by atoms with van der Waals surface area (Å²) in [5.74, 6) is 0. The molecule has 0 radical (unpaired) electrons. The van der Waals surface area contributed by atoms with E-state index in [-0.39, 0.29) is 5.54 Å². The van der Waals surface area contributed by atoms with Crippen molar-refractivity contribution in [1.82, 2.24) is 3.38 Å². The van der Waals surface area contributed by atoms with Crippen LogP contribution in [0.15, 0.2) is 23.9 Å². The molecule has 0 aromatic carbocycles. The van der Waals surface area contributed by atoms with E-state index in [0.29, 0.717) is 0 Å². The van der Waals surface area contributed by atoms with E-state index < -0.39 is 20.6 Å². The molecule has 0 atom stereocenters. The second-order valence-electron chi connectivity index (χ2n) is 5.54. The third-order valence-corrected chi connectivity index (χ3v) is 26.3. The Hall–Kier alpha value is 0.791. The maximum atomic E-state index is 6.77. The SMILES string of the molecule is C[SiH](C)[Ti]([Cl])([Cl])[N](C1=CC=CC1)C(C)(C)C. The number of hydrogen-bond acceptors (Lipinski definition) is 1. The number of hydrogen-bond donors (Lipinski definition) is 0. The maximum absolute atomic E-state index is 6.77. The molecule has 0 spiro atoms. The molecule has 0 unspecified atom stereocenters. The normalized spacial score (nSPS) is 16.9. The Labute approximate surface area is 112 Å². The van der Waals surface area contributed by atoms with Crippen LogP contribution in [0.1, 0.15) is 27.2 Å². The van der Waals surface area contributed by atoms with Gasteiger partial charge >= 0.3 is 112 Å². The van der Waals surface area contributed by atoms with E-state index in [1.54, 1.807) is 0 Å². The minimum absolute atomic E-state index is 0.0264. The van der Waals surface area contributed by atoms with Gasteiger partial charge in [-0.05, 0) is 0 Å². The summed E-state index contributed by atoms with van der Waals surface area (Å²) in [6.07, 6.45) is 7.40. The van der Waals surface area contributed by atoms with Gasteiger partial charge in [-0.1, -0.05) is 0 Å².